The first-order valence-electron chi connectivity index (χ1n) is 8.38. The second-order valence-electron chi connectivity index (χ2n) is 5.86. The van der Waals surface area contributed by atoms with E-state index < -0.39 is 5.97 Å². The van der Waals surface area contributed by atoms with Crippen LogP contribution in [0.2, 0.25) is 0 Å². The molecule has 0 unspecified atom stereocenters. The third kappa shape index (κ3) is 4.62. The van der Waals surface area contributed by atoms with E-state index >= 15 is 0 Å². The zero-order chi connectivity index (χ0) is 19.1. The molecule has 0 bridgehead atoms. The SMILES string of the molecule is N#C/C(=C\c1ccccc1OCc1ccc(C(=O)O)cc1)c1ccccc1. The zero-order valence-corrected chi connectivity index (χ0v) is 14.5. The first-order valence-corrected chi connectivity index (χ1v) is 8.38. The van der Waals surface area contributed by atoms with Crippen molar-refractivity contribution in [3.63, 3.8) is 0 Å². The van der Waals surface area contributed by atoms with Crippen molar-refractivity contribution >= 4 is 17.6 Å². The van der Waals surface area contributed by atoms with Crippen LogP contribution >= 0.6 is 0 Å². The van der Waals surface area contributed by atoms with E-state index in [0.29, 0.717) is 17.9 Å². The molecule has 0 aliphatic heterocycles. The van der Waals surface area contributed by atoms with Crippen molar-refractivity contribution in [2.45, 2.75) is 6.61 Å². The van der Waals surface area contributed by atoms with Crippen LogP contribution in [0, 0.1) is 11.3 Å². The van der Waals surface area contributed by atoms with Crippen molar-refractivity contribution < 1.29 is 14.6 Å². The van der Waals surface area contributed by atoms with E-state index in [1.807, 2.05) is 54.6 Å². The summed E-state index contributed by atoms with van der Waals surface area (Å²) in [5.41, 5.74) is 3.31. The summed E-state index contributed by atoms with van der Waals surface area (Å²) >= 11 is 0. The lowest BCUT2D eigenvalue weighted by Crippen LogP contribution is -1.99. The number of rotatable bonds is 6. The Hall–Kier alpha value is -3.84. The van der Waals surface area contributed by atoms with Crippen molar-refractivity contribution in [2.75, 3.05) is 0 Å². The summed E-state index contributed by atoms with van der Waals surface area (Å²) in [6, 6.07) is 25.8. The van der Waals surface area contributed by atoms with Crippen LogP contribution in [0.4, 0.5) is 0 Å². The predicted octanol–water partition coefficient (Wildman–Crippen LogP) is 5.03. The van der Waals surface area contributed by atoms with Gasteiger partial charge in [-0.15, -0.1) is 0 Å². The quantitative estimate of drug-likeness (QED) is 0.497. The lowest BCUT2D eigenvalue weighted by atomic mass is 10.0. The van der Waals surface area contributed by atoms with Crippen LogP contribution in [-0.2, 0) is 6.61 Å². The number of ether oxygens (including phenoxy) is 1. The summed E-state index contributed by atoms with van der Waals surface area (Å²) in [5.74, 6) is -0.300. The van der Waals surface area contributed by atoms with E-state index in [0.717, 1.165) is 16.7 Å². The normalized spacial score (nSPS) is 10.9. The lowest BCUT2D eigenvalue weighted by Gasteiger charge is -2.10. The average molecular weight is 355 g/mol. The monoisotopic (exact) mass is 355 g/mol. The summed E-state index contributed by atoms with van der Waals surface area (Å²) < 4.78 is 5.90. The van der Waals surface area contributed by atoms with E-state index in [-0.39, 0.29) is 5.56 Å². The molecule has 27 heavy (non-hydrogen) atoms. The first-order chi connectivity index (χ1) is 13.2. The molecule has 0 aliphatic rings. The second-order valence-corrected chi connectivity index (χ2v) is 5.86. The van der Waals surface area contributed by atoms with Gasteiger partial charge in [0, 0.05) is 5.56 Å². The minimum absolute atomic E-state index is 0.239. The number of hydrogen-bond donors (Lipinski definition) is 1. The number of carboxylic acids is 1. The van der Waals surface area contributed by atoms with E-state index in [1.54, 1.807) is 30.3 Å². The molecule has 132 valence electrons. The minimum Gasteiger partial charge on any atom is -0.488 e. The third-order valence-electron chi connectivity index (χ3n) is 4.02. The molecule has 0 fully saturated rings. The predicted molar refractivity (Wildman–Crippen MR) is 104 cm³/mol. The summed E-state index contributed by atoms with van der Waals surface area (Å²) in [4.78, 5) is 10.9. The van der Waals surface area contributed by atoms with Gasteiger partial charge in [0.1, 0.15) is 12.4 Å². The number of nitrogens with zero attached hydrogens (tertiary/aromatic N) is 1. The van der Waals surface area contributed by atoms with Gasteiger partial charge in [-0.3, -0.25) is 0 Å². The Morgan fingerprint density at radius 1 is 0.926 bits per heavy atom. The van der Waals surface area contributed by atoms with Crippen LogP contribution in [0.1, 0.15) is 27.0 Å². The van der Waals surface area contributed by atoms with Gasteiger partial charge in [0.25, 0.3) is 0 Å². The molecule has 0 heterocycles. The number of aromatic carboxylic acids is 1. The molecule has 0 saturated heterocycles. The number of benzene rings is 3. The van der Waals surface area contributed by atoms with Gasteiger partial charge in [0.05, 0.1) is 17.2 Å². The van der Waals surface area contributed by atoms with Crippen molar-refractivity contribution in [3.05, 3.63) is 101 Å². The van der Waals surface area contributed by atoms with Gasteiger partial charge < -0.3 is 9.84 Å². The van der Waals surface area contributed by atoms with Crippen molar-refractivity contribution in [1.29, 1.82) is 5.26 Å². The Labute approximate surface area is 157 Å². The number of carboxylic acid groups (broad SMARTS) is 1. The van der Waals surface area contributed by atoms with Gasteiger partial charge in [0.15, 0.2) is 0 Å². The molecular weight excluding hydrogens is 338 g/mol. The molecule has 3 rings (SSSR count). The lowest BCUT2D eigenvalue weighted by molar-refractivity contribution is 0.0697. The number of para-hydroxylation sites is 1. The maximum absolute atomic E-state index is 10.9. The fraction of sp³-hybridized carbons (Fsp3) is 0.0435. The largest absolute Gasteiger partial charge is 0.488 e. The Balaban J connectivity index is 1.81. The topological polar surface area (TPSA) is 70.3 Å². The van der Waals surface area contributed by atoms with Crippen LogP contribution in [-0.4, -0.2) is 11.1 Å². The fourth-order valence-corrected chi connectivity index (χ4v) is 2.59. The van der Waals surface area contributed by atoms with Gasteiger partial charge >= 0.3 is 5.97 Å². The minimum atomic E-state index is -0.956. The van der Waals surface area contributed by atoms with Gasteiger partial charge in [-0.05, 0) is 35.4 Å². The summed E-state index contributed by atoms with van der Waals surface area (Å²) in [6.45, 7) is 0.304. The number of hydrogen-bond acceptors (Lipinski definition) is 3. The van der Waals surface area contributed by atoms with Crippen LogP contribution in [0.5, 0.6) is 5.75 Å². The van der Waals surface area contributed by atoms with E-state index in [4.69, 9.17) is 9.84 Å². The highest BCUT2D eigenvalue weighted by Gasteiger charge is 2.06. The Morgan fingerprint density at radius 3 is 2.26 bits per heavy atom. The Kier molecular flexibility index (Phi) is 5.66. The summed E-state index contributed by atoms with van der Waals surface area (Å²) in [7, 11) is 0. The maximum atomic E-state index is 10.9. The second kappa shape index (κ2) is 8.50. The number of allylic oxidation sites excluding steroid dienone is 1. The molecule has 0 aromatic heterocycles. The van der Waals surface area contributed by atoms with E-state index in [9.17, 15) is 10.1 Å². The molecule has 0 spiro atoms. The smallest absolute Gasteiger partial charge is 0.335 e. The van der Waals surface area contributed by atoms with Crippen LogP contribution < -0.4 is 4.74 Å². The van der Waals surface area contributed by atoms with Gasteiger partial charge in [-0.2, -0.15) is 5.26 Å². The number of nitriles is 1. The molecule has 3 aromatic rings. The molecule has 4 nitrogen and oxygen atoms in total. The molecule has 0 aliphatic carbocycles. The highest BCUT2D eigenvalue weighted by molar-refractivity contribution is 5.90. The van der Waals surface area contributed by atoms with E-state index in [1.165, 1.54) is 0 Å². The van der Waals surface area contributed by atoms with Gasteiger partial charge in [-0.1, -0.05) is 60.7 Å². The van der Waals surface area contributed by atoms with Crippen LogP contribution in [0.25, 0.3) is 11.6 Å². The maximum Gasteiger partial charge on any atom is 0.335 e. The standard InChI is InChI=1S/C23H17NO3/c24-15-21(18-6-2-1-3-7-18)14-20-8-4-5-9-22(20)27-16-17-10-12-19(13-11-17)23(25)26/h1-14H,16H2,(H,25,26)/b21-14+. The highest BCUT2D eigenvalue weighted by Crippen LogP contribution is 2.25. The molecular formula is C23H17NO3. The zero-order valence-electron chi connectivity index (χ0n) is 14.5. The Bertz CT molecular complexity index is 1000. The van der Waals surface area contributed by atoms with Crippen molar-refractivity contribution in [1.82, 2.24) is 0 Å². The molecule has 4 heteroatoms. The molecule has 3 aromatic carbocycles. The van der Waals surface area contributed by atoms with Crippen molar-refractivity contribution in [2.24, 2.45) is 0 Å². The molecule has 0 amide bonds. The summed E-state index contributed by atoms with van der Waals surface area (Å²) in [5, 5.41) is 18.5. The highest BCUT2D eigenvalue weighted by atomic mass is 16.5. The molecule has 0 saturated carbocycles. The Morgan fingerprint density at radius 2 is 1.59 bits per heavy atom. The third-order valence-corrected chi connectivity index (χ3v) is 4.02. The first kappa shape index (κ1) is 18.0. The fourth-order valence-electron chi connectivity index (χ4n) is 2.59. The molecule has 0 atom stereocenters. The van der Waals surface area contributed by atoms with Crippen LogP contribution in [0.15, 0.2) is 78.9 Å². The average Bonchev–Trinajstić information content (AvgIpc) is 2.72. The van der Waals surface area contributed by atoms with Gasteiger partial charge in [-0.25, -0.2) is 4.79 Å². The number of carbonyl (C=O) groups is 1. The summed E-state index contributed by atoms with van der Waals surface area (Å²) in [6.07, 6.45) is 1.80. The van der Waals surface area contributed by atoms with Crippen molar-refractivity contribution in [3.8, 4) is 11.8 Å². The van der Waals surface area contributed by atoms with E-state index in [2.05, 4.69) is 6.07 Å². The molecule has 0 radical (unpaired) electrons. The van der Waals surface area contributed by atoms with Gasteiger partial charge in [0.2, 0.25) is 0 Å². The van der Waals surface area contributed by atoms with Crippen LogP contribution in [0.3, 0.4) is 0 Å². The molecule has 1 N–H and O–H groups in total.